The summed E-state index contributed by atoms with van der Waals surface area (Å²) in [6.45, 7) is 3.45. The van der Waals surface area contributed by atoms with Crippen molar-refractivity contribution in [1.29, 1.82) is 0 Å². The van der Waals surface area contributed by atoms with Crippen molar-refractivity contribution in [1.82, 2.24) is 9.55 Å². The standard InChI is InChI=1S/C13H20N2O4/c1-2-10-11(16)14-13(18)15(12(10)17)6-3-7-19-8-9-4-5-9/h9,17H,2-8H2,1H3,(H,14,16,18). The number of H-pyrrole nitrogens is 1. The molecule has 1 fully saturated rings. The van der Waals surface area contributed by atoms with Gasteiger partial charge in [-0.15, -0.1) is 0 Å². The average molecular weight is 268 g/mol. The molecule has 2 N–H and O–H groups in total. The van der Waals surface area contributed by atoms with E-state index in [9.17, 15) is 14.7 Å². The minimum atomic E-state index is -0.568. The van der Waals surface area contributed by atoms with Crippen molar-refractivity contribution in [3.8, 4) is 5.88 Å². The molecule has 0 unspecified atom stereocenters. The van der Waals surface area contributed by atoms with Crippen LogP contribution in [-0.2, 0) is 17.7 Å². The molecule has 1 aromatic heterocycles. The number of hydrogen-bond donors (Lipinski definition) is 2. The Hall–Kier alpha value is -1.56. The van der Waals surface area contributed by atoms with Gasteiger partial charge < -0.3 is 9.84 Å². The Balaban J connectivity index is 1.94. The van der Waals surface area contributed by atoms with E-state index in [1.807, 2.05) is 0 Å². The number of aromatic hydroxyl groups is 1. The predicted molar refractivity (Wildman–Crippen MR) is 70.5 cm³/mol. The van der Waals surface area contributed by atoms with Crippen LogP contribution in [0.25, 0.3) is 0 Å². The zero-order valence-corrected chi connectivity index (χ0v) is 11.1. The molecule has 0 aromatic carbocycles. The fourth-order valence-electron chi connectivity index (χ4n) is 1.99. The maximum absolute atomic E-state index is 11.6. The summed E-state index contributed by atoms with van der Waals surface area (Å²) in [5.74, 6) is 0.495. The van der Waals surface area contributed by atoms with Crippen LogP contribution < -0.4 is 11.2 Å². The van der Waals surface area contributed by atoms with E-state index in [0.717, 1.165) is 12.5 Å². The van der Waals surface area contributed by atoms with E-state index in [2.05, 4.69) is 4.98 Å². The van der Waals surface area contributed by atoms with Gasteiger partial charge in [-0.3, -0.25) is 14.3 Å². The summed E-state index contributed by atoms with van der Waals surface area (Å²) >= 11 is 0. The first-order valence-corrected chi connectivity index (χ1v) is 6.76. The lowest BCUT2D eigenvalue weighted by molar-refractivity contribution is 0.118. The molecule has 0 amide bonds. The Kier molecular flexibility index (Phi) is 4.42. The van der Waals surface area contributed by atoms with Crippen LogP contribution in [0, 0.1) is 5.92 Å². The molecular formula is C13H20N2O4. The van der Waals surface area contributed by atoms with Crippen molar-refractivity contribution >= 4 is 0 Å². The molecule has 1 aliphatic rings. The third-order valence-corrected chi connectivity index (χ3v) is 3.34. The molecular weight excluding hydrogens is 248 g/mol. The molecule has 0 atom stereocenters. The van der Waals surface area contributed by atoms with Gasteiger partial charge in [-0.1, -0.05) is 6.92 Å². The molecule has 0 radical (unpaired) electrons. The van der Waals surface area contributed by atoms with E-state index in [4.69, 9.17) is 4.74 Å². The number of rotatable bonds is 7. The van der Waals surface area contributed by atoms with Crippen molar-refractivity contribution in [2.24, 2.45) is 5.92 Å². The van der Waals surface area contributed by atoms with Crippen LogP contribution in [0.2, 0.25) is 0 Å². The van der Waals surface area contributed by atoms with Crippen LogP contribution >= 0.6 is 0 Å². The number of hydrogen-bond acceptors (Lipinski definition) is 4. The highest BCUT2D eigenvalue weighted by Gasteiger charge is 2.20. The van der Waals surface area contributed by atoms with Gasteiger partial charge in [0.05, 0.1) is 5.56 Å². The number of aromatic amines is 1. The van der Waals surface area contributed by atoms with Crippen LogP contribution in [0.3, 0.4) is 0 Å². The van der Waals surface area contributed by atoms with Crippen LogP contribution in [0.15, 0.2) is 9.59 Å². The van der Waals surface area contributed by atoms with Gasteiger partial charge >= 0.3 is 5.69 Å². The first kappa shape index (κ1) is 13.9. The Morgan fingerprint density at radius 3 is 2.79 bits per heavy atom. The summed E-state index contributed by atoms with van der Waals surface area (Å²) < 4.78 is 6.67. The number of aromatic nitrogens is 2. The van der Waals surface area contributed by atoms with Crippen LogP contribution in [0.5, 0.6) is 5.88 Å². The molecule has 0 spiro atoms. The fraction of sp³-hybridized carbons (Fsp3) is 0.692. The van der Waals surface area contributed by atoms with Crippen molar-refractivity contribution < 1.29 is 9.84 Å². The minimum Gasteiger partial charge on any atom is -0.494 e. The quantitative estimate of drug-likeness (QED) is 0.710. The lowest BCUT2D eigenvalue weighted by atomic mass is 10.2. The summed E-state index contributed by atoms with van der Waals surface area (Å²) in [6, 6.07) is 0. The largest absolute Gasteiger partial charge is 0.494 e. The maximum atomic E-state index is 11.6. The number of nitrogens with one attached hydrogen (secondary N) is 1. The highest BCUT2D eigenvalue weighted by atomic mass is 16.5. The lowest BCUT2D eigenvalue weighted by Gasteiger charge is -2.10. The Morgan fingerprint density at radius 1 is 1.42 bits per heavy atom. The zero-order chi connectivity index (χ0) is 13.8. The van der Waals surface area contributed by atoms with Crippen LogP contribution in [0.1, 0.15) is 31.7 Å². The molecule has 0 saturated heterocycles. The van der Waals surface area contributed by atoms with Crippen molar-refractivity contribution in [3.63, 3.8) is 0 Å². The number of ether oxygens (including phenoxy) is 1. The summed E-state index contributed by atoms with van der Waals surface area (Å²) in [7, 11) is 0. The maximum Gasteiger partial charge on any atom is 0.331 e. The monoisotopic (exact) mass is 268 g/mol. The molecule has 6 heteroatoms. The lowest BCUT2D eigenvalue weighted by Crippen LogP contribution is -2.32. The number of nitrogens with zero attached hydrogens (tertiary/aromatic N) is 1. The minimum absolute atomic E-state index is 0.224. The second-order valence-corrected chi connectivity index (χ2v) is 4.94. The molecule has 19 heavy (non-hydrogen) atoms. The molecule has 106 valence electrons. The van der Waals surface area contributed by atoms with Gasteiger partial charge in [0.15, 0.2) is 0 Å². The van der Waals surface area contributed by atoms with E-state index in [-0.39, 0.29) is 11.4 Å². The van der Waals surface area contributed by atoms with Gasteiger partial charge in [0, 0.05) is 19.8 Å². The van der Waals surface area contributed by atoms with Gasteiger partial charge in [0.1, 0.15) is 0 Å². The van der Waals surface area contributed by atoms with Crippen molar-refractivity contribution in [2.75, 3.05) is 13.2 Å². The summed E-state index contributed by atoms with van der Waals surface area (Å²) in [5.41, 5.74) is -0.827. The fourth-order valence-corrected chi connectivity index (χ4v) is 1.99. The summed E-state index contributed by atoms with van der Waals surface area (Å²) in [6.07, 6.45) is 3.52. The average Bonchev–Trinajstić information content (AvgIpc) is 3.16. The van der Waals surface area contributed by atoms with Gasteiger partial charge in [0.2, 0.25) is 5.88 Å². The highest BCUT2D eigenvalue weighted by Crippen LogP contribution is 2.28. The molecule has 0 bridgehead atoms. The molecule has 2 rings (SSSR count). The first-order chi connectivity index (χ1) is 9.13. The van der Waals surface area contributed by atoms with Gasteiger partial charge in [0.25, 0.3) is 5.56 Å². The Labute approximate surface area is 111 Å². The topological polar surface area (TPSA) is 84.3 Å². The normalized spacial score (nSPS) is 14.8. The Morgan fingerprint density at radius 2 is 2.16 bits per heavy atom. The van der Waals surface area contributed by atoms with E-state index in [0.29, 0.717) is 26.0 Å². The molecule has 6 nitrogen and oxygen atoms in total. The summed E-state index contributed by atoms with van der Waals surface area (Å²) in [4.78, 5) is 25.3. The van der Waals surface area contributed by atoms with Gasteiger partial charge in [-0.2, -0.15) is 0 Å². The smallest absolute Gasteiger partial charge is 0.331 e. The zero-order valence-electron chi connectivity index (χ0n) is 11.1. The molecule has 1 aliphatic carbocycles. The van der Waals surface area contributed by atoms with Crippen molar-refractivity contribution in [2.45, 2.75) is 39.2 Å². The second kappa shape index (κ2) is 6.06. The van der Waals surface area contributed by atoms with Crippen LogP contribution in [-0.4, -0.2) is 27.9 Å². The van der Waals surface area contributed by atoms with E-state index < -0.39 is 11.2 Å². The highest BCUT2D eigenvalue weighted by molar-refractivity contribution is 5.22. The van der Waals surface area contributed by atoms with E-state index >= 15 is 0 Å². The van der Waals surface area contributed by atoms with Crippen molar-refractivity contribution in [3.05, 3.63) is 26.4 Å². The summed E-state index contributed by atoms with van der Waals surface area (Å²) in [5, 5.41) is 9.91. The van der Waals surface area contributed by atoms with E-state index in [1.54, 1.807) is 6.92 Å². The SMILES string of the molecule is CCc1c(O)n(CCCOCC2CC2)c(=O)[nH]c1=O. The Bertz CT molecular complexity index is 543. The van der Waals surface area contributed by atoms with E-state index in [1.165, 1.54) is 17.4 Å². The van der Waals surface area contributed by atoms with Gasteiger partial charge in [-0.25, -0.2) is 4.79 Å². The van der Waals surface area contributed by atoms with Crippen LogP contribution in [0.4, 0.5) is 0 Å². The molecule has 1 saturated carbocycles. The predicted octanol–water partition coefficient (Wildman–Crippen LogP) is 0.621. The third kappa shape index (κ3) is 3.47. The molecule has 0 aliphatic heterocycles. The second-order valence-electron chi connectivity index (χ2n) is 4.94. The molecule has 1 heterocycles. The van der Waals surface area contributed by atoms with Gasteiger partial charge in [-0.05, 0) is 31.6 Å². The molecule has 1 aromatic rings. The third-order valence-electron chi connectivity index (χ3n) is 3.34. The first-order valence-electron chi connectivity index (χ1n) is 6.76.